The van der Waals surface area contributed by atoms with Gasteiger partial charge in [-0.05, 0) is 32.6 Å². The minimum atomic E-state index is -0.717. The van der Waals surface area contributed by atoms with Crippen molar-refractivity contribution in [2.75, 3.05) is 27.2 Å². The Morgan fingerprint density at radius 1 is 1.53 bits per heavy atom. The van der Waals surface area contributed by atoms with E-state index in [0.29, 0.717) is 12.1 Å². The molecule has 0 aliphatic heterocycles. The van der Waals surface area contributed by atoms with E-state index in [4.69, 9.17) is 11.6 Å². The van der Waals surface area contributed by atoms with Crippen LogP contribution in [-0.4, -0.2) is 49.2 Å². The molecule has 0 heterocycles. The first-order valence-corrected chi connectivity index (χ1v) is 6.26. The van der Waals surface area contributed by atoms with Crippen LogP contribution in [0.5, 0.6) is 0 Å². The fourth-order valence-electron chi connectivity index (χ4n) is 1.65. The predicted molar refractivity (Wildman–Crippen MR) is 73.0 cm³/mol. The average Bonchev–Trinajstić information content (AvgIpc) is 2.31. The van der Waals surface area contributed by atoms with Gasteiger partial charge in [0.05, 0.1) is 16.7 Å². The lowest BCUT2D eigenvalue weighted by molar-refractivity contribution is 0.0888. The number of aliphatic hydroxyl groups excluding tert-OH is 1. The number of aryl methyl sites for hydroxylation is 1. The number of hydrogen-bond acceptors (Lipinski definition) is 3. The number of aliphatic hydroxyl groups is 1. The topological polar surface area (TPSA) is 52.6 Å². The minimum absolute atomic E-state index is 0.0424. The Kier molecular flexibility index (Phi) is 5.72. The fourth-order valence-corrected chi connectivity index (χ4v) is 1.89. The van der Waals surface area contributed by atoms with Crippen LogP contribution < -0.4 is 5.32 Å². The van der Waals surface area contributed by atoms with Crippen LogP contribution in [0.1, 0.15) is 15.9 Å². The quantitative estimate of drug-likeness (QED) is 0.862. The fraction of sp³-hybridized carbons (Fsp3) is 0.462. The van der Waals surface area contributed by atoms with Crippen molar-refractivity contribution in [2.24, 2.45) is 0 Å². The van der Waals surface area contributed by atoms with Gasteiger partial charge in [-0.25, -0.2) is 4.39 Å². The van der Waals surface area contributed by atoms with Crippen LogP contribution in [0.2, 0.25) is 5.02 Å². The summed E-state index contributed by atoms with van der Waals surface area (Å²) in [5.41, 5.74) is 0.445. The molecule has 1 amide bonds. The summed E-state index contributed by atoms with van der Waals surface area (Å²) in [5, 5.41) is 12.2. The van der Waals surface area contributed by atoms with Crippen molar-refractivity contribution >= 4 is 17.5 Å². The Morgan fingerprint density at radius 2 is 2.16 bits per heavy atom. The zero-order valence-corrected chi connectivity index (χ0v) is 12.0. The molecule has 0 aliphatic carbocycles. The molecule has 1 aromatic carbocycles. The van der Waals surface area contributed by atoms with E-state index in [2.05, 4.69) is 5.32 Å². The van der Waals surface area contributed by atoms with Gasteiger partial charge in [0, 0.05) is 13.1 Å². The first-order valence-electron chi connectivity index (χ1n) is 5.88. The molecule has 0 fully saturated rings. The molecular formula is C13H18ClFN2O2. The Balaban J connectivity index is 2.72. The summed E-state index contributed by atoms with van der Waals surface area (Å²) in [6.07, 6.45) is -0.717. The van der Waals surface area contributed by atoms with Gasteiger partial charge in [-0.2, -0.15) is 0 Å². The highest BCUT2D eigenvalue weighted by Gasteiger charge is 2.18. The van der Waals surface area contributed by atoms with E-state index in [0.717, 1.165) is 0 Å². The van der Waals surface area contributed by atoms with Crippen LogP contribution in [0.4, 0.5) is 4.39 Å². The summed E-state index contributed by atoms with van der Waals surface area (Å²) in [6, 6.07) is 2.71. The number of nitrogens with zero attached hydrogens (tertiary/aromatic N) is 1. The maximum atomic E-state index is 13.6. The third-order valence-corrected chi connectivity index (χ3v) is 3.07. The van der Waals surface area contributed by atoms with E-state index in [9.17, 15) is 14.3 Å². The molecule has 19 heavy (non-hydrogen) atoms. The van der Waals surface area contributed by atoms with E-state index in [1.807, 2.05) is 14.1 Å². The number of carbonyl (C=O) groups is 1. The second-order valence-corrected chi connectivity index (χ2v) is 5.06. The molecule has 0 saturated carbocycles. The smallest absolute Gasteiger partial charge is 0.255 e. The van der Waals surface area contributed by atoms with E-state index in [-0.39, 0.29) is 17.1 Å². The lowest BCUT2D eigenvalue weighted by atomic mass is 10.1. The highest BCUT2D eigenvalue weighted by atomic mass is 35.5. The molecule has 0 unspecified atom stereocenters. The first-order chi connectivity index (χ1) is 8.82. The van der Waals surface area contributed by atoms with Crippen LogP contribution in [-0.2, 0) is 0 Å². The molecule has 2 N–H and O–H groups in total. The molecule has 0 bridgehead atoms. The number of carbonyl (C=O) groups excluding carboxylic acids is 1. The van der Waals surface area contributed by atoms with Gasteiger partial charge >= 0.3 is 0 Å². The van der Waals surface area contributed by atoms with Gasteiger partial charge in [-0.3, -0.25) is 4.79 Å². The lowest BCUT2D eigenvalue weighted by Gasteiger charge is -2.17. The third-order valence-electron chi connectivity index (χ3n) is 2.59. The first kappa shape index (κ1) is 15.9. The summed E-state index contributed by atoms with van der Waals surface area (Å²) in [5.74, 6) is -1.29. The number of rotatable bonds is 5. The summed E-state index contributed by atoms with van der Waals surface area (Å²) < 4.78 is 13.6. The minimum Gasteiger partial charge on any atom is -0.390 e. The molecule has 1 aromatic rings. The van der Waals surface area contributed by atoms with Gasteiger partial charge in [0.2, 0.25) is 0 Å². The number of likely N-dealkylation sites (N-methyl/N-ethyl adjacent to an activating group) is 1. The van der Waals surface area contributed by atoms with Gasteiger partial charge in [-0.15, -0.1) is 0 Å². The molecule has 0 spiro atoms. The van der Waals surface area contributed by atoms with Crippen molar-refractivity contribution < 1.29 is 14.3 Å². The molecule has 0 aromatic heterocycles. The highest BCUT2D eigenvalue weighted by molar-refractivity contribution is 6.34. The predicted octanol–water partition coefficient (Wildman–Crippen LogP) is 1.44. The molecule has 1 atom stereocenters. The maximum absolute atomic E-state index is 13.6. The second-order valence-electron chi connectivity index (χ2n) is 4.68. The Labute approximate surface area is 117 Å². The molecule has 1 rings (SSSR count). The van der Waals surface area contributed by atoms with Crippen molar-refractivity contribution in [2.45, 2.75) is 13.0 Å². The van der Waals surface area contributed by atoms with E-state index >= 15 is 0 Å². The Hall–Kier alpha value is -1.17. The van der Waals surface area contributed by atoms with Crippen molar-refractivity contribution in [3.63, 3.8) is 0 Å². The zero-order chi connectivity index (χ0) is 14.6. The van der Waals surface area contributed by atoms with Crippen molar-refractivity contribution in [1.29, 1.82) is 0 Å². The van der Waals surface area contributed by atoms with Gasteiger partial charge in [0.25, 0.3) is 5.91 Å². The molecule has 0 radical (unpaired) electrons. The summed E-state index contributed by atoms with van der Waals surface area (Å²) >= 11 is 5.92. The molecule has 0 saturated heterocycles. The molecular weight excluding hydrogens is 271 g/mol. The second kappa shape index (κ2) is 6.84. The SMILES string of the molecule is Cc1ccc(F)c(C(=O)NC[C@H](O)CN(C)C)c1Cl. The number of halogens is 2. The van der Waals surface area contributed by atoms with E-state index in [1.165, 1.54) is 12.1 Å². The normalized spacial score (nSPS) is 12.6. The lowest BCUT2D eigenvalue weighted by Crippen LogP contribution is -2.38. The monoisotopic (exact) mass is 288 g/mol. The van der Waals surface area contributed by atoms with Gasteiger partial charge in [0.15, 0.2) is 0 Å². The van der Waals surface area contributed by atoms with Crippen molar-refractivity contribution in [3.8, 4) is 0 Å². The van der Waals surface area contributed by atoms with E-state index < -0.39 is 17.8 Å². The Bertz CT molecular complexity index is 466. The van der Waals surface area contributed by atoms with Crippen molar-refractivity contribution in [1.82, 2.24) is 10.2 Å². The molecule has 6 heteroatoms. The highest BCUT2D eigenvalue weighted by Crippen LogP contribution is 2.23. The van der Waals surface area contributed by atoms with Gasteiger partial charge in [0.1, 0.15) is 5.82 Å². The van der Waals surface area contributed by atoms with Crippen LogP contribution in [0, 0.1) is 12.7 Å². The largest absolute Gasteiger partial charge is 0.390 e. The molecule has 0 aliphatic rings. The average molecular weight is 289 g/mol. The number of amides is 1. The standard InChI is InChI=1S/C13H18ClFN2O2/c1-8-4-5-10(15)11(12(8)14)13(19)16-6-9(18)7-17(2)3/h4-5,9,18H,6-7H2,1-3H3,(H,16,19)/t9-/m0/s1. The number of hydrogen-bond donors (Lipinski definition) is 2. The van der Waals surface area contributed by atoms with Gasteiger partial charge < -0.3 is 15.3 Å². The van der Waals surface area contributed by atoms with Crippen LogP contribution in [0.3, 0.4) is 0 Å². The summed E-state index contributed by atoms with van der Waals surface area (Å²) in [6.45, 7) is 2.14. The molecule has 4 nitrogen and oxygen atoms in total. The third kappa shape index (κ3) is 4.45. The van der Waals surface area contributed by atoms with Crippen molar-refractivity contribution in [3.05, 3.63) is 34.1 Å². The number of benzene rings is 1. The zero-order valence-electron chi connectivity index (χ0n) is 11.2. The van der Waals surface area contributed by atoms with E-state index in [1.54, 1.807) is 11.8 Å². The molecule has 106 valence electrons. The number of nitrogens with one attached hydrogen (secondary N) is 1. The van der Waals surface area contributed by atoms with Crippen LogP contribution in [0.15, 0.2) is 12.1 Å². The summed E-state index contributed by atoms with van der Waals surface area (Å²) in [4.78, 5) is 13.7. The maximum Gasteiger partial charge on any atom is 0.255 e. The van der Waals surface area contributed by atoms with Crippen LogP contribution in [0.25, 0.3) is 0 Å². The van der Waals surface area contributed by atoms with Gasteiger partial charge in [-0.1, -0.05) is 17.7 Å². The summed E-state index contributed by atoms with van der Waals surface area (Å²) in [7, 11) is 3.62. The Morgan fingerprint density at radius 3 is 2.74 bits per heavy atom. The van der Waals surface area contributed by atoms with Crippen LogP contribution >= 0.6 is 11.6 Å².